The third-order valence-corrected chi connectivity index (χ3v) is 5.46. The van der Waals surface area contributed by atoms with Crippen molar-refractivity contribution in [2.75, 3.05) is 13.1 Å². The van der Waals surface area contributed by atoms with Gasteiger partial charge in [-0.1, -0.05) is 35.5 Å². The number of amides is 1. The van der Waals surface area contributed by atoms with E-state index in [1.807, 2.05) is 29.6 Å². The van der Waals surface area contributed by atoms with E-state index in [9.17, 15) is 22.4 Å². The van der Waals surface area contributed by atoms with Gasteiger partial charge in [-0.05, 0) is 36.6 Å². The summed E-state index contributed by atoms with van der Waals surface area (Å²) in [5, 5.41) is 9.65. The fraction of sp³-hybridized carbons (Fsp3) is 0.318. The van der Waals surface area contributed by atoms with Crippen LogP contribution in [0.1, 0.15) is 32.9 Å². The highest BCUT2D eigenvalue weighted by molar-refractivity contribution is 5.93. The zero-order valence-corrected chi connectivity index (χ0v) is 17.3. The molecule has 10 heteroatoms. The van der Waals surface area contributed by atoms with Crippen LogP contribution in [0.2, 0.25) is 0 Å². The first-order valence-electron chi connectivity index (χ1n) is 10.1. The van der Waals surface area contributed by atoms with Crippen molar-refractivity contribution in [2.24, 2.45) is 0 Å². The number of carbonyl (C=O) groups excluding carboxylic acids is 1. The Bertz CT molecular complexity index is 1140. The smallest absolute Gasteiger partial charge is 0.341 e. The molecule has 3 aromatic rings. The molecule has 0 saturated carbocycles. The summed E-state index contributed by atoms with van der Waals surface area (Å²) in [6.07, 6.45) is -3.83. The number of fused-ring (bicyclic) bond motifs is 1. The fourth-order valence-electron chi connectivity index (χ4n) is 3.88. The molecule has 0 radical (unpaired) electrons. The monoisotopic (exact) mass is 447 g/mol. The average molecular weight is 447 g/mol. The van der Waals surface area contributed by atoms with E-state index >= 15 is 0 Å². The minimum atomic E-state index is -4.51. The molecule has 1 aliphatic heterocycles. The fourth-order valence-corrected chi connectivity index (χ4v) is 3.88. The Hall–Kier alpha value is -3.27. The Morgan fingerprint density at radius 3 is 2.69 bits per heavy atom. The molecule has 0 saturated heterocycles. The van der Waals surface area contributed by atoms with E-state index in [1.54, 1.807) is 19.1 Å². The Kier molecular flexibility index (Phi) is 5.96. The third-order valence-electron chi connectivity index (χ3n) is 5.46. The van der Waals surface area contributed by atoms with Crippen LogP contribution < -0.4 is 5.32 Å². The molecule has 0 aliphatic carbocycles. The normalized spacial score (nSPS) is 14.3. The van der Waals surface area contributed by atoms with Crippen LogP contribution in [0.3, 0.4) is 0 Å². The molecule has 6 nitrogen and oxygen atoms in total. The van der Waals surface area contributed by atoms with Crippen molar-refractivity contribution in [1.29, 1.82) is 0 Å². The van der Waals surface area contributed by atoms with Gasteiger partial charge in [0.1, 0.15) is 12.4 Å². The maximum Gasteiger partial charge on any atom is 0.405 e. The number of nitrogens with one attached hydrogen (secondary N) is 1. The minimum Gasteiger partial charge on any atom is -0.341 e. The second-order valence-corrected chi connectivity index (χ2v) is 7.70. The van der Waals surface area contributed by atoms with Gasteiger partial charge in [-0.15, -0.1) is 5.10 Å². The lowest BCUT2D eigenvalue weighted by molar-refractivity contribution is -0.123. The number of benzene rings is 2. The minimum absolute atomic E-state index is 0.149. The second-order valence-electron chi connectivity index (χ2n) is 7.70. The summed E-state index contributed by atoms with van der Waals surface area (Å²) in [6, 6.07) is 12.4. The number of hydrogen-bond donors (Lipinski definition) is 1. The summed E-state index contributed by atoms with van der Waals surface area (Å²) < 4.78 is 52.7. The molecule has 168 valence electrons. The molecule has 2 heterocycles. The first-order valence-corrected chi connectivity index (χ1v) is 10.1. The molecule has 1 aromatic heterocycles. The summed E-state index contributed by atoms with van der Waals surface area (Å²) in [7, 11) is 0. The van der Waals surface area contributed by atoms with Gasteiger partial charge in [0.15, 0.2) is 5.69 Å². The van der Waals surface area contributed by atoms with Crippen LogP contribution >= 0.6 is 0 Å². The first kappa shape index (κ1) is 21.9. The molecule has 4 rings (SSSR count). The Labute approximate surface area is 181 Å². The maximum atomic E-state index is 14.0. The summed E-state index contributed by atoms with van der Waals surface area (Å²) in [4.78, 5) is 14.3. The van der Waals surface area contributed by atoms with Crippen LogP contribution in [0.15, 0.2) is 42.5 Å². The Morgan fingerprint density at radius 2 is 1.94 bits per heavy atom. The van der Waals surface area contributed by atoms with Crippen molar-refractivity contribution >= 4 is 5.91 Å². The maximum absolute atomic E-state index is 14.0. The van der Waals surface area contributed by atoms with Crippen molar-refractivity contribution in [3.8, 4) is 5.69 Å². The number of nitrogens with zero attached hydrogens (tertiary/aromatic N) is 4. The first-order chi connectivity index (χ1) is 15.2. The topological polar surface area (TPSA) is 63.1 Å². The number of aromatic nitrogens is 3. The van der Waals surface area contributed by atoms with E-state index in [-0.39, 0.29) is 11.5 Å². The van der Waals surface area contributed by atoms with Gasteiger partial charge in [0.05, 0.1) is 11.4 Å². The summed E-state index contributed by atoms with van der Waals surface area (Å²) in [5.41, 5.74) is 3.63. The second kappa shape index (κ2) is 8.70. The predicted octanol–water partition coefficient (Wildman–Crippen LogP) is 3.57. The number of hydrogen-bond acceptors (Lipinski definition) is 4. The highest BCUT2D eigenvalue weighted by atomic mass is 19.4. The lowest BCUT2D eigenvalue weighted by Gasteiger charge is -2.30. The molecule has 1 N–H and O–H groups in total. The van der Waals surface area contributed by atoms with Gasteiger partial charge in [-0.3, -0.25) is 9.69 Å². The zero-order valence-electron chi connectivity index (χ0n) is 17.3. The van der Waals surface area contributed by atoms with E-state index in [0.29, 0.717) is 37.3 Å². The SMILES string of the molecule is Cc1c(C(=O)NCC(F)(F)F)nnn1-c1cccc2c1CCN(Cc1ccccc1F)C2. The lowest BCUT2D eigenvalue weighted by atomic mass is 9.97. The number of carbonyl (C=O) groups is 1. The van der Waals surface area contributed by atoms with Gasteiger partial charge in [0.25, 0.3) is 5.91 Å². The van der Waals surface area contributed by atoms with Gasteiger partial charge in [0.2, 0.25) is 0 Å². The summed E-state index contributed by atoms with van der Waals surface area (Å²) >= 11 is 0. The van der Waals surface area contributed by atoms with Crippen molar-refractivity contribution in [3.63, 3.8) is 0 Å². The number of halogens is 4. The van der Waals surface area contributed by atoms with Gasteiger partial charge < -0.3 is 5.32 Å². The zero-order chi connectivity index (χ0) is 22.9. The van der Waals surface area contributed by atoms with E-state index in [4.69, 9.17) is 0 Å². The standard InChI is InChI=1S/C22H21F4N5O/c1-14-20(21(32)27-13-22(24,25)26)28-29-31(14)19-8-4-6-15-11-30(10-9-17(15)19)12-16-5-2-3-7-18(16)23/h2-8H,9-13H2,1H3,(H,27,32). The molecular formula is C22H21F4N5O. The third kappa shape index (κ3) is 4.64. The molecule has 0 bridgehead atoms. The molecule has 32 heavy (non-hydrogen) atoms. The molecule has 2 aromatic carbocycles. The van der Waals surface area contributed by atoms with Crippen molar-refractivity contribution in [3.05, 3.63) is 76.4 Å². The largest absolute Gasteiger partial charge is 0.405 e. The molecular weight excluding hydrogens is 426 g/mol. The molecule has 1 amide bonds. The van der Waals surface area contributed by atoms with Gasteiger partial charge in [-0.2, -0.15) is 13.2 Å². The van der Waals surface area contributed by atoms with E-state index in [0.717, 1.165) is 16.8 Å². The highest BCUT2D eigenvalue weighted by Gasteiger charge is 2.29. The Morgan fingerprint density at radius 1 is 1.16 bits per heavy atom. The number of rotatable bonds is 5. The molecule has 0 fully saturated rings. The Balaban J connectivity index is 1.54. The van der Waals surface area contributed by atoms with E-state index in [1.165, 1.54) is 10.7 Å². The van der Waals surface area contributed by atoms with Crippen LogP contribution in [0.5, 0.6) is 0 Å². The predicted molar refractivity (Wildman–Crippen MR) is 109 cm³/mol. The van der Waals surface area contributed by atoms with Gasteiger partial charge in [0, 0.05) is 25.2 Å². The molecule has 0 unspecified atom stereocenters. The average Bonchev–Trinajstić information content (AvgIpc) is 3.14. The van der Waals surface area contributed by atoms with Crippen LogP contribution in [-0.2, 0) is 19.5 Å². The van der Waals surface area contributed by atoms with Crippen molar-refractivity contribution in [2.45, 2.75) is 32.6 Å². The molecule has 0 spiro atoms. The van der Waals surface area contributed by atoms with Crippen LogP contribution in [0, 0.1) is 12.7 Å². The lowest BCUT2D eigenvalue weighted by Crippen LogP contribution is -2.34. The van der Waals surface area contributed by atoms with Gasteiger partial charge in [-0.25, -0.2) is 9.07 Å². The van der Waals surface area contributed by atoms with E-state index < -0.39 is 18.6 Å². The molecule has 0 atom stereocenters. The van der Waals surface area contributed by atoms with Gasteiger partial charge >= 0.3 is 6.18 Å². The van der Waals surface area contributed by atoms with Crippen LogP contribution in [-0.4, -0.2) is 45.1 Å². The molecule has 1 aliphatic rings. The van der Waals surface area contributed by atoms with Crippen molar-refractivity contribution in [1.82, 2.24) is 25.2 Å². The summed E-state index contributed by atoms with van der Waals surface area (Å²) in [6.45, 7) is 1.96. The van der Waals surface area contributed by atoms with E-state index in [2.05, 4.69) is 15.2 Å². The van der Waals surface area contributed by atoms with Crippen LogP contribution in [0.25, 0.3) is 5.69 Å². The quantitative estimate of drug-likeness (QED) is 0.608. The van der Waals surface area contributed by atoms with Crippen LogP contribution in [0.4, 0.5) is 17.6 Å². The van der Waals surface area contributed by atoms with Crippen molar-refractivity contribution < 1.29 is 22.4 Å². The number of alkyl halides is 3. The summed E-state index contributed by atoms with van der Waals surface area (Å²) in [5.74, 6) is -1.16. The highest BCUT2D eigenvalue weighted by Crippen LogP contribution is 2.27.